The van der Waals surface area contributed by atoms with Gasteiger partial charge in [-0.3, -0.25) is 0 Å². The van der Waals surface area contributed by atoms with Crippen LogP contribution in [-0.4, -0.2) is 35.3 Å². The molecule has 0 aromatic heterocycles. The van der Waals surface area contributed by atoms with Crippen molar-refractivity contribution in [2.75, 3.05) is 18.4 Å². The second kappa shape index (κ2) is 5.67. The van der Waals surface area contributed by atoms with Gasteiger partial charge in [-0.15, -0.1) is 0 Å². The highest BCUT2D eigenvalue weighted by molar-refractivity contribution is 7.80. The summed E-state index contributed by atoms with van der Waals surface area (Å²) in [5.74, 6) is 0. The summed E-state index contributed by atoms with van der Waals surface area (Å²) in [5.41, 5.74) is 2.29. The molecule has 1 aromatic carbocycles. The smallest absolute Gasteiger partial charge is 0.173 e. The number of thiocarbonyl (C=S) groups is 1. The second-order valence-corrected chi connectivity index (χ2v) is 5.35. The number of ether oxygens (including phenoxy) is 1. The molecule has 1 heterocycles. The predicted octanol–water partition coefficient (Wildman–Crippen LogP) is 2.80. The Morgan fingerprint density at radius 2 is 1.78 bits per heavy atom. The number of nitrogens with one attached hydrogen (secondary N) is 1. The lowest BCUT2D eigenvalue weighted by Crippen LogP contribution is -2.49. The lowest BCUT2D eigenvalue weighted by atomic mass is 10.2. The number of morpholine rings is 1. The number of aryl methyl sites for hydroxylation is 1. The molecule has 1 aliphatic heterocycles. The highest BCUT2D eigenvalue weighted by atomic mass is 32.1. The van der Waals surface area contributed by atoms with Gasteiger partial charge in [0.1, 0.15) is 0 Å². The van der Waals surface area contributed by atoms with Crippen molar-refractivity contribution in [1.82, 2.24) is 4.90 Å². The number of anilines is 1. The number of benzene rings is 1. The van der Waals surface area contributed by atoms with Crippen LogP contribution in [0, 0.1) is 6.92 Å². The van der Waals surface area contributed by atoms with Gasteiger partial charge in [-0.05, 0) is 45.1 Å². The van der Waals surface area contributed by atoms with E-state index in [0.717, 1.165) is 23.9 Å². The average Bonchev–Trinajstić information content (AvgIpc) is 2.31. The minimum Gasteiger partial charge on any atom is -0.372 e. The van der Waals surface area contributed by atoms with E-state index in [1.165, 1.54) is 5.56 Å². The van der Waals surface area contributed by atoms with Crippen LogP contribution in [-0.2, 0) is 4.74 Å². The molecule has 0 spiro atoms. The van der Waals surface area contributed by atoms with Gasteiger partial charge in [-0.2, -0.15) is 0 Å². The molecule has 1 aliphatic rings. The summed E-state index contributed by atoms with van der Waals surface area (Å²) in [6, 6.07) is 8.26. The molecule has 0 radical (unpaired) electrons. The van der Waals surface area contributed by atoms with Crippen LogP contribution in [0.15, 0.2) is 24.3 Å². The minimum absolute atomic E-state index is 0.228. The van der Waals surface area contributed by atoms with Gasteiger partial charge in [0.25, 0.3) is 0 Å². The van der Waals surface area contributed by atoms with E-state index >= 15 is 0 Å². The van der Waals surface area contributed by atoms with Crippen LogP contribution in [0.2, 0.25) is 0 Å². The molecule has 0 unspecified atom stereocenters. The highest BCUT2D eigenvalue weighted by Crippen LogP contribution is 2.14. The third kappa shape index (κ3) is 3.43. The summed E-state index contributed by atoms with van der Waals surface area (Å²) >= 11 is 5.45. The Morgan fingerprint density at radius 1 is 1.22 bits per heavy atom. The van der Waals surface area contributed by atoms with E-state index in [4.69, 9.17) is 17.0 Å². The molecule has 2 rings (SSSR count). The van der Waals surface area contributed by atoms with Crippen LogP contribution in [0.3, 0.4) is 0 Å². The Morgan fingerprint density at radius 3 is 2.33 bits per heavy atom. The van der Waals surface area contributed by atoms with Gasteiger partial charge >= 0.3 is 0 Å². The van der Waals surface area contributed by atoms with E-state index in [2.05, 4.69) is 55.3 Å². The SMILES string of the molecule is Cc1ccc(NC(=S)N2C[C@@H](C)O[C@@H](C)C2)cc1. The van der Waals surface area contributed by atoms with Gasteiger partial charge in [-0.1, -0.05) is 17.7 Å². The lowest BCUT2D eigenvalue weighted by molar-refractivity contribution is -0.0473. The number of hydrogen-bond acceptors (Lipinski definition) is 2. The first-order valence-corrected chi connectivity index (χ1v) is 6.73. The van der Waals surface area contributed by atoms with Gasteiger partial charge < -0.3 is 15.0 Å². The third-order valence-electron chi connectivity index (χ3n) is 3.01. The van der Waals surface area contributed by atoms with Crippen molar-refractivity contribution < 1.29 is 4.74 Å². The van der Waals surface area contributed by atoms with E-state index in [-0.39, 0.29) is 12.2 Å². The van der Waals surface area contributed by atoms with E-state index in [1.54, 1.807) is 0 Å². The van der Waals surface area contributed by atoms with Crippen LogP contribution in [0.5, 0.6) is 0 Å². The maximum atomic E-state index is 5.70. The van der Waals surface area contributed by atoms with Crippen molar-refractivity contribution in [3.63, 3.8) is 0 Å². The zero-order valence-corrected chi connectivity index (χ0v) is 12.0. The highest BCUT2D eigenvalue weighted by Gasteiger charge is 2.23. The molecule has 1 fully saturated rings. The van der Waals surface area contributed by atoms with E-state index in [9.17, 15) is 0 Å². The van der Waals surface area contributed by atoms with Crippen molar-refractivity contribution in [3.05, 3.63) is 29.8 Å². The molecule has 98 valence electrons. The first-order chi connectivity index (χ1) is 8.54. The molecular formula is C14H20N2OS. The Labute approximate surface area is 114 Å². The minimum atomic E-state index is 0.228. The van der Waals surface area contributed by atoms with E-state index in [0.29, 0.717) is 0 Å². The van der Waals surface area contributed by atoms with E-state index in [1.807, 2.05) is 0 Å². The van der Waals surface area contributed by atoms with Crippen molar-refractivity contribution in [3.8, 4) is 0 Å². The normalized spacial score (nSPS) is 23.8. The molecule has 2 atom stereocenters. The fraction of sp³-hybridized carbons (Fsp3) is 0.500. The van der Waals surface area contributed by atoms with Gasteiger partial charge in [0, 0.05) is 18.8 Å². The fourth-order valence-electron chi connectivity index (χ4n) is 2.18. The molecule has 0 bridgehead atoms. The first kappa shape index (κ1) is 13.3. The number of hydrogen-bond donors (Lipinski definition) is 1. The molecule has 18 heavy (non-hydrogen) atoms. The molecule has 1 saturated heterocycles. The average molecular weight is 264 g/mol. The molecule has 0 amide bonds. The summed E-state index contributed by atoms with van der Waals surface area (Å²) in [7, 11) is 0. The monoisotopic (exact) mass is 264 g/mol. The van der Waals surface area contributed by atoms with Gasteiger partial charge in [0.05, 0.1) is 12.2 Å². The molecule has 0 saturated carbocycles. The predicted molar refractivity (Wildman–Crippen MR) is 79.0 cm³/mol. The summed E-state index contributed by atoms with van der Waals surface area (Å²) in [6.07, 6.45) is 0.457. The lowest BCUT2D eigenvalue weighted by Gasteiger charge is -2.36. The quantitative estimate of drug-likeness (QED) is 0.788. The van der Waals surface area contributed by atoms with Crippen LogP contribution < -0.4 is 5.32 Å². The molecule has 1 N–H and O–H groups in total. The molecule has 0 aliphatic carbocycles. The Balaban J connectivity index is 1.97. The van der Waals surface area contributed by atoms with Crippen molar-refractivity contribution in [1.29, 1.82) is 0 Å². The number of nitrogens with zero attached hydrogens (tertiary/aromatic N) is 1. The zero-order chi connectivity index (χ0) is 13.1. The van der Waals surface area contributed by atoms with Gasteiger partial charge in [-0.25, -0.2) is 0 Å². The summed E-state index contributed by atoms with van der Waals surface area (Å²) in [6.45, 7) is 7.94. The van der Waals surface area contributed by atoms with Crippen molar-refractivity contribution >= 4 is 23.0 Å². The summed E-state index contributed by atoms with van der Waals surface area (Å²) in [5, 5.41) is 4.06. The molecular weight excluding hydrogens is 244 g/mol. The maximum absolute atomic E-state index is 5.70. The Bertz CT molecular complexity index is 408. The van der Waals surface area contributed by atoms with Crippen molar-refractivity contribution in [2.45, 2.75) is 33.0 Å². The van der Waals surface area contributed by atoms with Crippen LogP contribution in [0.4, 0.5) is 5.69 Å². The molecule has 4 heteroatoms. The maximum Gasteiger partial charge on any atom is 0.173 e. The van der Waals surface area contributed by atoms with Crippen LogP contribution in [0.25, 0.3) is 0 Å². The fourth-order valence-corrected chi connectivity index (χ4v) is 2.45. The van der Waals surface area contributed by atoms with Crippen LogP contribution >= 0.6 is 12.2 Å². The second-order valence-electron chi connectivity index (χ2n) is 4.96. The third-order valence-corrected chi connectivity index (χ3v) is 3.37. The standard InChI is InChI=1S/C14H20N2OS/c1-10-4-6-13(7-5-10)15-14(18)16-8-11(2)17-12(3)9-16/h4-7,11-12H,8-9H2,1-3H3,(H,15,18)/t11-,12+. The largest absolute Gasteiger partial charge is 0.372 e. The Kier molecular flexibility index (Phi) is 4.19. The Hall–Kier alpha value is -1.13. The number of rotatable bonds is 1. The van der Waals surface area contributed by atoms with Gasteiger partial charge in [0.2, 0.25) is 0 Å². The summed E-state index contributed by atoms with van der Waals surface area (Å²) < 4.78 is 5.70. The van der Waals surface area contributed by atoms with Gasteiger partial charge in [0.15, 0.2) is 5.11 Å². The van der Waals surface area contributed by atoms with Crippen LogP contribution in [0.1, 0.15) is 19.4 Å². The molecule has 1 aromatic rings. The van der Waals surface area contributed by atoms with E-state index < -0.39 is 0 Å². The topological polar surface area (TPSA) is 24.5 Å². The zero-order valence-electron chi connectivity index (χ0n) is 11.1. The first-order valence-electron chi connectivity index (χ1n) is 6.32. The van der Waals surface area contributed by atoms with Crippen molar-refractivity contribution in [2.24, 2.45) is 0 Å². The molecule has 3 nitrogen and oxygen atoms in total. The summed E-state index contributed by atoms with van der Waals surface area (Å²) in [4.78, 5) is 2.17.